The first-order valence-electron chi connectivity index (χ1n) is 7.45. The lowest BCUT2D eigenvalue weighted by molar-refractivity contribution is -0.116. The number of carboxylic acid groups (broad SMARTS) is 1. The second-order valence-electron chi connectivity index (χ2n) is 4.86. The first kappa shape index (κ1) is 17.0. The number of hydrogen-bond donors (Lipinski definition) is 2. The Morgan fingerprint density at radius 2 is 1.86 bits per heavy atom. The number of hydrogen-bond acceptors (Lipinski definition) is 3. The van der Waals surface area contributed by atoms with E-state index in [1.807, 2.05) is 25.7 Å². The van der Waals surface area contributed by atoms with E-state index in [0.717, 1.165) is 25.9 Å². The molecule has 0 saturated carbocycles. The summed E-state index contributed by atoms with van der Waals surface area (Å²) in [5.41, 5.74) is 1.43. The Labute approximate surface area is 126 Å². The maximum Gasteiger partial charge on any atom is 0.337 e. The van der Waals surface area contributed by atoms with Crippen LogP contribution in [0.25, 0.3) is 0 Å². The van der Waals surface area contributed by atoms with Gasteiger partial charge in [0.2, 0.25) is 5.91 Å². The predicted molar refractivity (Wildman–Crippen MR) is 85.1 cm³/mol. The van der Waals surface area contributed by atoms with E-state index in [9.17, 15) is 14.7 Å². The Bertz CT molecular complexity index is 496. The monoisotopic (exact) mass is 292 g/mol. The molecule has 0 unspecified atom stereocenters. The van der Waals surface area contributed by atoms with Crippen LogP contribution in [0.2, 0.25) is 0 Å². The Morgan fingerprint density at radius 1 is 1.19 bits per heavy atom. The first-order valence-corrected chi connectivity index (χ1v) is 7.45. The summed E-state index contributed by atoms with van der Waals surface area (Å²) >= 11 is 0. The molecule has 0 fully saturated rings. The third-order valence-corrected chi connectivity index (χ3v) is 3.37. The molecule has 116 valence electrons. The van der Waals surface area contributed by atoms with Crippen molar-refractivity contribution in [2.75, 3.05) is 23.3 Å². The van der Waals surface area contributed by atoms with Crippen LogP contribution < -0.4 is 10.2 Å². The molecule has 0 radical (unpaired) electrons. The minimum absolute atomic E-state index is 0.0798. The fourth-order valence-corrected chi connectivity index (χ4v) is 2.19. The van der Waals surface area contributed by atoms with Gasteiger partial charge in [0.25, 0.3) is 0 Å². The van der Waals surface area contributed by atoms with Crippen LogP contribution in [0.15, 0.2) is 18.2 Å². The summed E-state index contributed by atoms with van der Waals surface area (Å²) in [6.45, 7) is 7.46. The van der Waals surface area contributed by atoms with Gasteiger partial charge in [0, 0.05) is 25.2 Å². The summed E-state index contributed by atoms with van der Waals surface area (Å²) in [7, 11) is 0. The second kappa shape index (κ2) is 8.29. The van der Waals surface area contributed by atoms with Crippen molar-refractivity contribution in [3.8, 4) is 0 Å². The lowest BCUT2D eigenvalue weighted by Crippen LogP contribution is -2.24. The molecule has 0 atom stereocenters. The maximum atomic E-state index is 11.7. The zero-order valence-electron chi connectivity index (χ0n) is 13.0. The van der Waals surface area contributed by atoms with Gasteiger partial charge in [-0.1, -0.05) is 13.3 Å². The number of carbonyl (C=O) groups excluding carboxylic acids is 1. The molecule has 1 rings (SSSR count). The molecule has 0 saturated heterocycles. The van der Waals surface area contributed by atoms with Crippen molar-refractivity contribution in [1.82, 2.24) is 0 Å². The van der Waals surface area contributed by atoms with Gasteiger partial charge in [0.05, 0.1) is 11.3 Å². The van der Waals surface area contributed by atoms with Crippen LogP contribution in [0.4, 0.5) is 11.4 Å². The van der Waals surface area contributed by atoms with Crippen molar-refractivity contribution in [3.63, 3.8) is 0 Å². The van der Waals surface area contributed by atoms with Crippen LogP contribution in [0.3, 0.4) is 0 Å². The normalized spacial score (nSPS) is 10.2. The Hall–Kier alpha value is -2.04. The molecule has 0 heterocycles. The number of amides is 1. The molecule has 0 aliphatic heterocycles. The van der Waals surface area contributed by atoms with Crippen molar-refractivity contribution in [2.45, 2.75) is 40.0 Å². The third kappa shape index (κ3) is 4.77. The van der Waals surface area contributed by atoms with Gasteiger partial charge in [-0.2, -0.15) is 0 Å². The van der Waals surface area contributed by atoms with Crippen LogP contribution in [-0.2, 0) is 4.79 Å². The van der Waals surface area contributed by atoms with E-state index in [1.165, 1.54) is 6.07 Å². The van der Waals surface area contributed by atoms with Gasteiger partial charge in [-0.05, 0) is 38.5 Å². The van der Waals surface area contributed by atoms with Crippen LogP contribution in [-0.4, -0.2) is 30.1 Å². The molecule has 0 aliphatic rings. The number of nitrogens with zero attached hydrogens (tertiary/aromatic N) is 1. The van der Waals surface area contributed by atoms with Gasteiger partial charge in [-0.25, -0.2) is 4.79 Å². The van der Waals surface area contributed by atoms with Crippen LogP contribution >= 0.6 is 0 Å². The fourth-order valence-electron chi connectivity index (χ4n) is 2.19. The summed E-state index contributed by atoms with van der Waals surface area (Å²) in [4.78, 5) is 25.1. The smallest absolute Gasteiger partial charge is 0.337 e. The zero-order valence-corrected chi connectivity index (χ0v) is 13.0. The molecule has 1 aromatic carbocycles. The maximum absolute atomic E-state index is 11.7. The van der Waals surface area contributed by atoms with E-state index in [4.69, 9.17) is 0 Å². The number of unbranched alkanes of at least 4 members (excludes halogenated alkanes) is 1. The Kier molecular flexibility index (Phi) is 6.72. The summed E-state index contributed by atoms with van der Waals surface area (Å²) in [6.07, 6.45) is 2.24. The topological polar surface area (TPSA) is 69.6 Å². The molecule has 0 bridgehead atoms. The molecule has 0 spiro atoms. The molecule has 1 amide bonds. The highest BCUT2D eigenvalue weighted by Gasteiger charge is 2.15. The number of rotatable bonds is 8. The van der Waals surface area contributed by atoms with E-state index >= 15 is 0 Å². The number of aromatic carboxylic acids is 1. The highest BCUT2D eigenvalue weighted by atomic mass is 16.4. The van der Waals surface area contributed by atoms with Gasteiger partial charge in [-0.15, -0.1) is 0 Å². The zero-order chi connectivity index (χ0) is 15.8. The minimum atomic E-state index is -0.985. The third-order valence-electron chi connectivity index (χ3n) is 3.37. The SMILES string of the molecule is CCCCC(=O)Nc1ccc(N(CC)CC)c(C(=O)O)c1. The largest absolute Gasteiger partial charge is 0.478 e. The lowest BCUT2D eigenvalue weighted by atomic mass is 10.1. The van der Waals surface area contributed by atoms with Crippen molar-refractivity contribution >= 4 is 23.3 Å². The van der Waals surface area contributed by atoms with E-state index in [-0.39, 0.29) is 11.5 Å². The standard InChI is InChI=1S/C16H24N2O3/c1-4-7-8-15(19)17-12-9-10-14(18(5-2)6-3)13(11-12)16(20)21/h9-11H,4-8H2,1-3H3,(H,17,19)(H,20,21). The molecular weight excluding hydrogens is 268 g/mol. The van der Waals surface area contributed by atoms with Crippen molar-refractivity contribution in [3.05, 3.63) is 23.8 Å². The number of carbonyl (C=O) groups is 2. The molecule has 1 aromatic rings. The summed E-state index contributed by atoms with van der Waals surface area (Å²) < 4.78 is 0. The highest BCUT2D eigenvalue weighted by Crippen LogP contribution is 2.24. The van der Waals surface area contributed by atoms with Gasteiger partial charge in [0.15, 0.2) is 0 Å². The first-order chi connectivity index (χ1) is 10.0. The Morgan fingerprint density at radius 3 is 2.38 bits per heavy atom. The summed E-state index contributed by atoms with van der Waals surface area (Å²) in [5.74, 6) is -1.06. The van der Waals surface area contributed by atoms with Crippen LogP contribution in [0, 0.1) is 0 Å². The molecule has 0 aromatic heterocycles. The fraction of sp³-hybridized carbons (Fsp3) is 0.500. The predicted octanol–water partition coefficient (Wildman–Crippen LogP) is 3.36. The average Bonchev–Trinajstić information content (AvgIpc) is 2.47. The number of anilines is 2. The molecular formula is C16H24N2O3. The van der Waals surface area contributed by atoms with Crippen molar-refractivity contribution in [1.29, 1.82) is 0 Å². The van der Waals surface area contributed by atoms with E-state index < -0.39 is 5.97 Å². The average molecular weight is 292 g/mol. The molecule has 21 heavy (non-hydrogen) atoms. The number of benzene rings is 1. The quantitative estimate of drug-likeness (QED) is 0.771. The van der Waals surface area contributed by atoms with Gasteiger partial charge in [-0.3, -0.25) is 4.79 Å². The summed E-state index contributed by atoms with van der Waals surface area (Å²) in [6, 6.07) is 5.04. The summed E-state index contributed by atoms with van der Waals surface area (Å²) in [5, 5.41) is 12.1. The van der Waals surface area contributed by atoms with E-state index in [0.29, 0.717) is 17.8 Å². The second-order valence-corrected chi connectivity index (χ2v) is 4.86. The van der Waals surface area contributed by atoms with Crippen molar-refractivity contribution < 1.29 is 14.7 Å². The van der Waals surface area contributed by atoms with E-state index in [2.05, 4.69) is 5.32 Å². The van der Waals surface area contributed by atoms with Crippen LogP contribution in [0.5, 0.6) is 0 Å². The number of carboxylic acids is 1. The van der Waals surface area contributed by atoms with E-state index in [1.54, 1.807) is 12.1 Å². The number of nitrogens with one attached hydrogen (secondary N) is 1. The molecule has 0 aliphatic carbocycles. The van der Waals surface area contributed by atoms with Crippen molar-refractivity contribution in [2.24, 2.45) is 0 Å². The lowest BCUT2D eigenvalue weighted by Gasteiger charge is -2.23. The molecule has 2 N–H and O–H groups in total. The van der Waals surface area contributed by atoms with Gasteiger partial charge >= 0.3 is 5.97 Å². The molecule has 5 heteroatoms. The van der Waals surface area contributed by atoms with Crippen LogP contribution in [0.1, 0.15) is 50.4 Å². The Balaban J connectivity index is 2.98. The van der Waals surface area contributed by atoms with Gasteiger partial charge < -0.3 is 15.3 Å². The van der Waals surface area contributed by atoms with Gasteiger partial charge in [0.1, 0.15) is 0 Å². The highest BCUT2D eigenvalue weighted by molar-refractivity contribution is 5.98. The molecule has 5 nitrogen and oxygen atoms in total. The minimum Gasteiger partial charge on any atom is -0.478 e.